The first kappa shape index (κ1) is 24.5. The maximum absolute atomic E-state index is 6.28. The highest BCUT2D eigenvalue weighted by molar-refractivity contribution is 7.99. The molecule has 180 valence electrons. The Morgan fingerprint density at radius 1 is 0.824 bits per heavy atom. The average molecular weight is 477 g/mol. The average Bonchev–Trinajstić information content (AvgIpc) is 2.83. The van der Waals surface area contributed by atoms with E-state index < -0.39 is 0 Å². The smallest absolute Gasteiger partial charge is 0.191 e. The summed E-state index contributed by atoms with van der Waals surface area (Å²) in [4.78, 5) is 14.1. The summed E-state index contributed by atoms with van der Waals surface area (Å²) in [5.41, 5.74) is 17.3. The molecule has 7 heteroatoms. The van der Waals surface area contributed by atoms with Crippen LogP contribution in [0.4, 0.5) is 11.6 Å². The largest absolute Gasteiger partial charge is 0.383 e. The van der Waals surface area contributed by atoms with Gasteiger partial charge in [0.25, 0.3) is 0 Å². The van der Waals surface area contributed by atoms with Crippen molar-refractivity contribution in [1.29, 1.82) is 0 Å². The van der Waals surface area contributed by atoms with Crippen LogP contribution in [0.3, 0.4) is 0 Å². The molecule has 6 nitrogen and oxygen atoms in total. The van der Waals surface area contributed by atoms with Crippen molar-refractivity contribution in [2.45, 2.75) is 37.9 Å². The van der Waals surface area contributed by atoms with Crippen LogP contribution in [0.1, 0.15) is 42.0 Å². The van der Waals surface area contributed by atoms with Gasteiger partial charge in [0.05, 0.1) is 0 Å². The first-order valence-electron chi connectivity index (χ1n) is 12.1. The number of nitrogens with zero attached hydrogens (tertiary/aromatic N) is 4. The molecular weight excluding hydrogens is 440 g/mol. The number of nitrogen functional groups attached to an aromatic ring is 2. The highest BCUT2D eigenvalue weighted by Gasteiger charge is 2.17. The number of nitrogens with two attached hydrogens (primary N) is 2. The van der Waals surface area contributed by atoms with Crippen LogP contribution in [0.15, 0.2) is 59.8 Å². The standard InChI is InChI=1S/C27H36N6S/c1-20(2)23-10-8-21(9-11-23)18-24-25(28)30-27(31-26(24)29)34-17-16-32-12-14-33(15-13-32)19-22-6-4-3-5-7-22/h3-11,20H,12-19H2,1-2H3,(H4,28,29,30,31). The highest BCUT2D eigenvalue weighted by Crippen LogP contribution is 2.25. The van der Waals surface area contributed by atoms with E-state index >= 15 is 0 Å². The molecule has 0 saturated carbocycles. The summed E-state index contributed by atoms with van der Waals surface area (Å²) in [6.07, 6.45) is 0.647. The molecule has 1 saturated heterocycles. The van der Waals surface area contributed by atoms with Crippen LogP contribution in [0.2, 0.25) is 0 Å². The van der Waals surface area contributed by atoms with Gasteiger partial charge in [-0.1, -0.05) is 80.2 Å². The normalized spacial score (nSPS) is 15.1. The van der Waals surface area contributed by atoms with Crippen LogP contribution in [0.5, 0.6) is 0 Å². The van der Waals surface area contributed by atoms with E-state index in [2.05, 4.69) is 88.2 Å². The van der Waals surface area contributed by atoms with Crippen molar-refractivity contribution < 1.29 is 0 Å². The summed E-state index contributed by atoms with van der Waals surface area (Å²) >= 11 is 1.63. The number of thioether (sulfide) groups is 1. The van der Waals surface area contributed by atoms with Gasteiger partial charge in [-0.25, -0.2) is 9.97 Å². The first-order valence-corrected chi connectivity index (χ1v) is 13.1. The fourth-order valence-electron chi connectivity index (χ4n) is 4.25. The van der Waals surface area contributed by atoms with Gasteiger partial charge in [-0.2, -0.15) is 0 Å². The van der Waals surface area contributed by atoms with Gasteiger partial charge in [0.1, 0.15) is 11.6 Å². The second kappa shape index (κ2) is 11.7. The molecule has 0 radical (unpaired) electrons. The molecule has 4 rings (SSSR count). The number of aromatic nitrogens is 2. The van der Waals surface area contributed by atoms with E-state index in [9.17, 15) is 0 Å². The first-order chi connectivity index (χ1) is 16.5. The molecule has 0 bridgehead atoms. The van der Waals surface area contributed by atoms with Crippen LogP contribution >= 0.6 is 11.8 Å². The Morgan fingerprint density at radius 2 is 1.44 bits per heavy atom. The highest BCUT2D eigenvalue weighted by atomic mass is 32.2. The summed E-state index contributed by atoms with van der Waals surface area (Å²) in [6.45, 7) is 10.8. The molecule has 0 atom stereocenters. The minimum absolute atomic E-state index is 0.484. The Balaban J connectivity index is 1.24. The van der Waals surface area contributed by atoms with Gasteiger partial charge >= 0.3 is 0 Å². The SMILES string of the molecule is CC(C)c1ccc(Cc2c(N)nc(SCCN3CCN(Cc4ccccc4)CC3)nc2N)cc1. The van der Waals surface area contributed by atoms with Crippen LogP contribution in [0, 0.1) is 0 Å². The maximum Gasteiger partial charge on any atom is 0.191 e. The topological polar surface area (TPSA) is 84.3 Å². The zero-order chi connectivity index (χ0) is 23.9. The van der Waals surface area contributed by atoms with E-state index in [1.165, 1.54) is 16.7 Å². The van der Waals surface area contributed by atoms with E-state index in [1.807, 2.05) is 0 Å². The maximum atomic E-state index is 6.28. The molecule has 0 aliphatic carbocycles. The number of benzene rings is 2. The molecule has 4 N–H and O–H groups in total. The molecule has 0 unspecified atom stereocenters. The third-order valence-corrected chi connectivity index (χ3v) is 7.26. The van der Waals surface area contributed by atoms with Crippen molar-refractivity contribution in [2.75, 3.05) is 49.9 Å². The monoisotopic (exact) mass is 476 g/mol. The lowest BCUT2D eigenvalue weighted by molar-refractivity contribution is 0.133. The molecule has 1 aliphatic heterocycles. The van der Waals surface area contributed by atoms with E-state index in [0.717, 1.165) is 50.6 Å². The van der Waals surface area contributed by atoms with Gasteiger partial charge in [-0.05, 0) is 22.6 Å². The Labute approximate surface area is 207 Å². The fraction of sp³-hybridized carbons (Fsp3) is 0.407. The summed E-state index contributed by atoms with van der Waals surface area (Å²) < 4.78 is 0. The Hall–Kier alpha value is -2.61. The Kier molecular flexibility index (Phi) is 8.43. The van der Waals surface area contributed by atoms with Crippen molar-refractivity contribution in [1.82, 2.24) is 19.8 Å². The molecule has 34 heavy (non-hydrogen) atoms. The van der Waals surface area contributed by atoms with Crippen molar-refractivity contribution in [3.8, 4) is 0 Å². The lowest BCUT2D eigenvalue weighted by Gasteiger charge is -2.34. The predicted molar refractivity (Wildman–Crippen MR) is 143 cm³/mol. The van der Waals surface area contributed by atoms with Gasteiger partial charge < -0.3 is 11.5 Å². The zero-order valence-electron chi connectivity index (χ0n) is 20.3. The molecule has 1 fully saturated rings. The number of piperazine rings is 1. The Bertz CT molecular complexity index is 1020. The second-order valence-corrected chi connectivity index (χ2v) is 10.3. The Morgan fingerprint density at radius 3 is 2.06 bits per heavy atom. The van der Waals surface area contributed by atoms with Crippen molar-refractivity contribution in [3.63, 3.8) is 0 Å². The zero-order valence-corrected chi connectivity index (χ0v) is 21.1. The van der Waals surface area contributed by atoms with Gasteiger partial charge in [-0.3, -0.25) is 9.80 Å². The summed E-state index contributed by atoms with van der Waals surface area (Å²) in [5, 5.41) is 0.664. The van der Waals surface area contributed by atoms with Crippen LogP contribution in [-0.4, -0.2) is 58.2 Å². The summed E-state index contributed by atoms with van der Waals surface area (Å²) in [5.74, 6) is 2.41. The van der Waals surface area contributed by atoms with Crippen molar-refractivity contribution >= 4 is 23.4 Å². The summed E-state index contributed by atoms with van der Waals surface area (Å²) in [7, 11) is 0. The molecule has 2 aromatic carbocycles. The fourth-order valence-corrected chi connectivity index (χ4v) is 5.10. The second-order valence-electron chi connectivity index (χ2n) is 9.28. The minimum Gasteiger partial charge on any atom is -0.383 e. The predicted octanol–water partition coefficient (Wildman–Crippen LogP) is 4.27. The van der Waals surface area contributed by atoms with Gasteiger partial charge in [-0.15, -0.1) is 0 Å². The molecule has 0 amide bonds. The number of hydrogen-bond donors (Lipinski definition) is 2. The third-order valence-electron chi connectivity index (χ3n) is 6.43. The van der Waals surface area contributed by atoms with Crippen LogP contribution in [-0.2, 0) is 13.0 Å². The van der Waals surface area contributed by atoms with E-state index in [-0.39, 0.29) is 0 Å². The van der Waals surface area contributed by atoms with Crippen molar-refractivity contribution in [2.24, 2.45) is 0 Å². The number of anilines is 2. The van der Waals surface area contributed by atoms with Crippen LogP contribution < -0.4 is 11.5 Å². The molecule has 1 aromatic heterocycles. The quantitative estimate of drug-likeness (QED) is 0.352. The molecule has 0 spiro atoms. The van der Waals surface area contributed by atoms with Gasteiger partial charge in [0.15, 0.2) is 5.16 Å². The summed E-state index contributed by atoms with van der Waals surface area (Å²) in [6, 6.07) is 19.3. The number of rotatable bonds is 9. The molecule has 3 aromatic rings. The van der Waals surface area contributed by atoms with Crippen molar-refractivity contribution in [3.05, 3.63) is 76.9 Å². The van der Waals surface area contributed by atoms with E-state index in [1.54, 1.807) is 11.8 Å². The third kappa shape index (κ3) is 6.72. The molecule has 1 aliphatic rings. The minimum atomic E-state index is 0.484. The molecule has 2 heterocycles. The van der Waals surface area contributed by atoms with E-state index in [0.29, 0.717) is 29.1 Å². The van der Waals surface area contributed by atoms with Gasteiger partial charge in [0, 0.05) is 57.0 Å². The van der Waals surface area contributed by atoms with E-state index in [4.69, 9.17) is 11.5 Å². The van der Waals surface area contributed by atoms with Crippen LogP contribution in [0.25, 0.3) is 0 Å². The lowest BCUT2D eigenvalue weighted by atomic mass is 9.99. The molecular formula is C27H36N6S. The number of hydrogen-bond acceptors (Lipinski definition) is 7. The van der Waals surface area contributed by atoms with Gasteiger partial charge in [0.2, 0.25) is 0 Å². The lowest BCUT2D eigenvalue weighted by Crippen LogP contribution is -2.46.